The lowest BCUT2D eigenvalue weighted by Crippen LogP contribution is -2.48. The summed E-state index contributed by atoms with van der Waals surface area (Å²) in [7, 11) is 4.22. The quantitative estimate of drug-likeness (QED) is 0.777. The fourth-order valence-electron chi connectivity index (χ4n) is 4.93. The van der Waals surface area contributed by atoms with Gasteiger partial charge in [0, 0.05) is 25.0 Å². The standard InChI is InChI=1S/C18H32N2O/c1-19(2)10-11-20(16-6-4-3-5-7-16)18(21)17-13-14-8-9-15(17)12-14/h14-17H,3-13H2,1-2H3. The van der Waals surface area contributed by atoms with Crippen LogP contribution in [0.4, 0.5) is 0 Å². The largest absolute Gasteiger partial charge is 0.338 e. The molecule has 0 aromatic heterocycles. The molecular formula is C18H32N2O. The summed E-state index contributed by atoms with van der Waals surface area (Å²) in [6.45, 7) is 1.94. The molecule has 0 aromatic carbocycles. The molecule has 3 aliphatic rings. The average Bonchev–Trinajstić information content (AvgIpc) is 3.11. The summed E-state index contributed by atoms with van der Waals surface area (Å²) >= 11 is 0. The smallest absolute Gasteiger partial charge is 0.226 e. The number of hydrogen-bond acceptors (Lipinski definition) is 2. The third kappa shape index (κ3) is 3.44. The van der Waals surface area contributed by atoms with E-state index in [1.54, 1.807) is 0 Å². The lowest BCUT2D eigenvalue weighted by molar-refractivity contribution is -0.140. The molecule has 3 rings (SSSR count). The number of nitrogens with zero attached hydrogens (tertiary/aromatic N) is 2. The van der Waals surface area contributed by atoms with Crippen LogP contribution in [-0.4, -0.2) is 48.9 Å². The highest BCUT2D eigenvalue weighted by atomic mass is 16.2. The van der Waals surface area contributed by atoms with Crippen LogP contribution >= 0.6 is 0 Å². The van der Waals surface area contributed by atoms with Crippen molar-refractivity contribution < 1.29 is 4.79 Å². The summed E-state index contributed by atoms with van der Waals surface area (Å²) in [5.41, 5.74) is 0. The molecule has 0 N–H and O–H groups in total. The van der Waals surface area contributed by atoms with Crippen molar-refractivity contribution in [2.75, 3.05) is 27.2 Å². The Hall–Kier alpha value is -0.570. The summed E-state index contributed by atoms with van der Waals surface area (Å²) in [4.78, 5) is 17.7. The van der Waals surface area contributed by atoms with E-state index < -0.39 is 0 Å². The molecule has 3 fully saturated rings. The lowest BCUT2D eigenvalue weighted by Gasteiger charge is -2.38. The molecule has 0 aromatic rings. The number of carbonyl (C=O) groups excluding carboxylic acids is 1. The maximum atomic E-state index is 13.2. The van der Waals surface area contributed by atoms with Gasteiger partial charge < -0.3 is 9.80 Å². The van der Waals surface area contributed by atoms with Gasteiger partial charge in [-0.05, 0) is 58.0 Å². The average molecular weight is 292 g/mol. The first kappa shape index (κ1) is 15.3. The van der Waals surface area contributed by atoms with Crippen LogP contribution in [0.2, 0.25) is 0 Å². The van der Waals surface area contributed by atoms with Gasteiger partial charge in [0.2, 0.25) is 5.91 Å². The van der Waals surface area contributed by atoms with Gasteiger partial charge >= 0.3 is 0 Å². The Balaban J connectivity index is 1.66. The zero-order chi connectivity index (χ0) is 14.8. The Morgan fingerprint density at radius 1 is 0.952 bits per heavy atom. The van der Waals surface area contributed by atoms with E-state index in [1.165, 1.54) is 57.8 Å². The van der Waals surface area contributed by atoms with E-state index in [2.05, 4.69) is 23.9 Å². The van der Waals surface area contributed by atoms with Gasteiger partial charge in [-0.3, -0.25) is 4.79 Å². The van der Waals surface area contributed by atoms with E-state index in [9.17, 15) is 4.79 Å². The number of fused-ring (bicyclic) bond motifs is 2. The molecule has 3 unspecified atom stereocenters. The molecule has 0 aliphatic heterocycles. The van der Waals surface area contributed by atoms with Gasteiger partial charge in [-0.2, -0.15) is 0 Å². The number of rotatable bonds is 5. The minimum Gasteiger partial charge on any atom is -0.338 e. The number of amides is 1. The number of carbonyl (C=O) groups is 1. The number of hydrogen-bond donors (Lipinski definition) is 0. The monoisotopic (exact) mass is 292 g/mol. The summed E-state index contributed by atoms with van der Waals surface area (Å²) in [6.07, 6.45) is 11.7. The van der Waals surface area contributed by atoms with Crippen molar-refractivity contribution in [1.82, 2.24) is 9.80 Å². The predicted octanol–water partition coefficient (Wildman–Crippen LogP) is 3.15. The minimum absolute atomic E-state index is 0.368. The molecule has 3 saturated carbocycles. The molecule has 1 amide bonds. The fraction of sp³-hybridized carbons (Fsp3) is 0.944. The molecular weight excluding hydrogens is 260 g/mol. The summed E-state index contributed by atoms with van der Waals surface area (Å²) < 4.78 is 0. The van der Waals surface area contributed by atoms with Gasteiger partial charge in [-0.1, -0.05) is 25.7 Å². The van der Waals surface area contributed by atoms with E-state index in [-0.39, 0.29) is 0 Å². The maximum Gasteiger partial charge on any atom is 0.226 e. The number of likely N-dealkylation sites (N-methyl/N-ethyl adjacent to an activating group) is 1. The van der Waals surface area contributed by atoms with Crippen LogP contribution in [0.15, 0.2) is 0 Å². The molecule has 3 aliphatic carbocycles. The topological polar surface area (TPSA) is 23.6 Å². The Kier molecular flexibility index (Phi) is 4.88. The Morgan fingerprint density at radius 3 is 2.29 bits per heavy atom. The Morgan fingerprint density at radius 2 is 1.71 bits per heavy atom. The minimum atomic E-state index is 0.368. The molecule has 2 bridgehead atoms. The second-order valence-corrected chi connectivity index (χ2v) is 7.91. The van der Waals surface area contributed by atoms with Crippen LogP contribution in [-0.2, 0) is 4.79 Å². The van der Waals surface area contributed by atoms with E-state index in [1.807, 2.05) is 0 Å². The highest BCUT2D eigenvalue weighted by Crippen LogP contribution is 2.49. The van der Waals surface area contributed by atoms with Crippen LogP contribution in [0.3, 0.4) is 0 Å². The normalized spacial score (nSPS) is 32.8. The van der Waals surface area contributed by atoms with E-state index in [0.717, 1.165) is 19.0 Å². The lowest BCUT2D eigenvalue weighted by atomic mass is 9.86. The predicted molar refractivity (Wildman–Crippen MR) is 86.1 cm³/mol. The van der Waals surface area contributed by atoms with Crippen LogP contribution in [0.25, 0.3) is 0 Å². The van der Waals surface area contributed by atoms with Crippen molar-refractivity contribution in [2.24, 2.45) is 17.8 Å². The zero-order valence-corrected chi connectivity index (χ0v) is 13.9. The van der Waals surface area contributed by atoms with Crippen molar-refractivity contribution in [1.29, 1.82) is 0 Å². The van der Waals surface area contributed by atoms with Crippen molar-refractivity contribution >= 4 is 5.91 Å². The first-order chi connectivity index (χ1) is 10.1. The van der Waals surface area contributed by atoms with Gasteiger partial charge in [-0.25, -0.2) is 0 Å². The zero-order valence-electron chi connectivity index (χ0n) is 13.9. The SMILES string of the molecule is CN(C)CCN(C(=O)C1CC2CCC1C2)C1CCCCC1. The second kappa shape index (κ2) is 6.68. The molecule has 0 saturated heterocycles. The molecule has 3 heteroatoms. The van der Waals surface area contributed by atoms with Gasteiger partial charge in [0.05, 0.1) is 0 Å². The third-order valence-corrected chi connectivity index (χ3v) is 6.14. The first-order valence-electron chi connectivity index (χ1n) is 9.10. The maximum absolute atomic E-state index is 13.2. The third-order valence-electron chi connectivity index (χ3n) is 6.14. The summed E-state index contributed by atoms with van der Waals surface area (Å²) in [5, 5.41) is 0. The first-order valence-corrected chi connectivity index (χ1v) is 9.10. The van der Waals surface area contributed by atoms with Crippen molar-refractivity contribution in [2.45, 2.75) is 63.8 Å². The highest BCUT2D eigenvalue weighted by molar-refractivity contribution is 5.80. The molecule has 0 heterocycles. The molecule has 0 radical (unpaired) electrons. The van der Waals surface area contributed by atoms with Crippen molar-refractivity contribution in [3.05, 3.63) is 0 Å². The van der Waals surface area contributed by atoms with Gasteiger partial charge in [0.25, 0.3) is 0 Å². The van der Waals surface area contributed by atoms with Crippen LogP contribution in [0.1, 0.15) is 57.8 Å². The summed E-state index contributed by atoms with van der Waals surface area (Å²) in [5.74, 6) is 2.46. The summed E-state index contributed by atoms with van der Waals surface area (Å²) in [6, 6.07) is 0.533. The molecule has 0 spiro atoms. The molecule has 120 valence electrons. The Labute approximate surface area is 130 Å². The molecule has 21 heavy (non-hydrogen) atoms. The van der Waals surface area contributed by atoms with Crippen LogP contribution < -0.4 is 0 Å². The highest BCUT2D eigenvalue weighted by Gasteiger charge is 2.45. The van der Waals surface area contributed by atoms with Crippen LogP contribution in [0.5, 0.6) is 0 Å². The van der Waals surface area contributed by atoms with Gasteiger partial charge in [-0.15, -0.1) is 0 Å². The van der Waals surface area contributed by atoms with Crippen molar-refractivity contribution in [3.8, 4) is 0 Å². The van der Waals surface area contributed by atoms with Crippen molar-refractivity contribution in [3.63, 3.8) is 0 Å². The van der Waals surface area contributed by atoms with E-state index in [4.69, 9.17) is 0 Å². The fourth-order valence-corrected chi connectivity index (χ4v) is 4.93. The van der Waals surface area contributed by atoms with E-state index in [0.29, 0.717) is 23.8 Å². The Bertz CT molecular complexity index is 362. The molecule has 3 nitrogen and oxygen atoms in total. The van der Waals surface area contributed by atoms with Crippen LogP contribution in [0, 0.1) is 17.8 Å². The van der Waals surface area contributed by atoms with E-state index >= 15 is 0 Å². The van der Waals surface area contributed by atoms with Gasteiger partial charge in [0.1, 0.15) is 0 Å². The van der Waals surface area contributed by atoms with Gasteiger partial charge in [0.15, 0.2) is 0 Å². The molecule has 3 atom stereocenters. The second-order valence-electron chi connectivity index (χ2n) is 7.91.